The maximum atomic E-state index is 14.0. The Bertz CT molecular complexity index is 1050. The fraction of sp³-hybridized carbons (Fsp3) is 0.783. The number of hydrogen-bond acceptors (Lipinski definition) is 6. The number of unbranched alkanes of at least 4 members (excludes halogenated alkanes) is 26. The molecule has 0 radical (unpaired) electrons. The minimum Gasteiger partial charge on any atom is -0.320 e. The van der Waals surface area contributed by atoms with Crippen molar-refractivity contribution in [2.24, 2.45) is 11.5 Å². The predicted molar refractivity (Wildman–Crippen MR) is 226 cm³/mol. The third kappa shape index (κ3) is 22.1. The number of benzene rings is 1. The molecule has 54 heavy (non-hydrogen) atoms. The van der Waals surface area contributed by atoms with Gasteiger partial charge < -0.3 is 11.5 Å². The van der Waals surface area contributed by atoms with E-state index in [-0.39, 0.29) is 24.2 Å². The quantitative estimate of drug-likeness (QED) is 0.0674. The largest absolute Gasteiger partial charge is 0.320 e. The molecule has 0 fully saturated rings. The SMILES string of the molecule is CCCCCCCCCCCCCCCCN(C(=O)c1ccccc1C(=O)N(CCCCCCCCCCCCCCCC)C(=O)[C@H](C)N)C(=O)[C@H](C)N. The average Bonchev–Trinajstić information content (AvgIpc) is 3.17. The van der Waals surface area contributed by atoms with E-state index in [4.69, 9.17) is 11.5 Å². The zero-order chi connectivity index (χ0) is 39.8. The van der Waals surface area contributed by atoms with Crippen molar-refractivity contribution in [2.45, 2.75) is 220 Å². The van der Waals surface area contributed by atoms with Crippen molar-refractivity contribution in [1.29, 1.82) is 0 Å². The van der Waals surface area contributed by atoms with Crippen molar-refractivity contribution < 1.29 is 19.2 Å². The van der Waals surface area contributed by atoms with Crippen LogP contribution in [-0.2, 0) is 9.59 Å². The van der Waals surface area contributed by atoms with Crippen LogP contribution in [0.1, 0.15) is 228 Å². The van der Waals surface area contributed by atoms with E-state index in [0.717, 1.165) is 38.5 Å². The number of imide groups is 2. The van der Waals surface area contributed by atoms with Crippen LogP contribution in [-0.4, -0.2) is 58.6 Å². The summed E-state index contributed by atoms with van der Waals surface area (Å²) < 4.78 is 0. The van der Waals surface area contributed by atoms with Crippen molar-refractivity contribution in [1.82, 2.24) is 9.80 Å². The van der Waals surface area contributed by atoms with Gasteiger partial charge in [0.05, 0.1) is 23.2 Å². The van der Waals surface area contributed by atoms with Gasteiger partial charge in [0.15, 0.2) is 0 Å². The van der Waals surface area contributed by atoms with Crippen LogP contribution in [0.4, 0.5) is 0 Å². The van der Waals surface area contributed by atoms with E-state index >= 15 is 0 Å². The molecule has 4 N–H and O–H groups in total. The molecule has 0 aliphatic heterocycles. The van der Waals surface area contributed by atoms with Crippen LogP contribution >= 0.6 is 0 Å². The summed E-state index contributed by atoms with van der Waals surface area (Å²) in [6.07, 6.45) is 33.9. The summed E-state index contributed by atoms with van der Waals surface area (Å²) in [5, 5.41) is 0. The molecular formula is C46H82N4O4. The highest BCUT2D eigenvalue weighted by molar-refractivity contribution is 6.15. The third-order valence-electron chi connectivity index (χ3n) is 10.7. The van der Waals surface area contributed by atoms with Gasteiger partial charge in [-0.1, -0.05) is 193 Å². The highest BCUT2D eigenvalue weighted by atomic mass is 16.2. The molecule has 8 nitrogen and oxygen atoms in total. The van der Waals surface area contributed by atoms with Gasteiger partial charge in [0.1, 0.15) is 0 Å². The summed E-state index contributed by atoms with van der Waals surface area (Å²) in [6, 6.07) is 4.75. The molecule has 0 saturated carbocycles. The molecule has 1 aromatic carbocycles. The van der Waals surface area contributed by atoms with Gasteiger partial charge in [-0.15, -0.1) is 0 Å². The van der Waals surface area contributed by atoms with E-state index in [1.165, 1.54) is 138 Å². The number of carbonyl (C=O) groups excluding carboxylic acids is 4. The number of nitrogens with two attached hydrogens (primary N) is 2. The Balaban J connectivity index is 2.66. The van der Waals surface area contributed by atoms with Gasteiger partial charge in [-0.2, -0.15) is 0 Å². The Morgan fingerprint density at radius 3 is 0.870 bits per heavy atom. The molecule has 0 aromatic heterocycles. The lowest BCUT2D eigenvalue weighted by Crippen LogP contribution is -2.48. The second kappa shape index (κ2) is 32.6. The van der Waals surface area contributed by atoms with Crippen molar-refractivity contribution in [3.63, 3.8) is 0 Å². The zero-order valence-electron chi connectivity index (χ0n) is 35.4. The van der Waals surface area contributed by atoms with Crippen molar-refractivity contribution in [2.75, 3.05) is 13.1 Å². The van der Waals surface area contributed by atoms with E-state index in [9.17, 15) is 19.2 Å². The number of amides is 4. The van der Waals surface area contributed by atoms with Gasteiger partial charge in [-0.3, -0.25) is 29.0 Å². The Morgan fingerprint density at radius 2 is 0.648 bits per heavy atom. The second-order valence-electron chi connectivity index (χ2n) is 15.9. The van der Waals surface area contributed by atoms with E-state index < -0.39 is 35.7 Å². The molecule has 1 aromatic rings. The van der Waals surface area contributed by atoms with Gasteiger partial charge >= 0.3 is 0 Å². The first-order valence-corrected chi connectivity index (χ1v) is 22.5. The fourth-order valence-electron chi connectivity index (χ4n) is 7.19. The summed E-state index contributed by atoms with van der Waals surface area (Å²) >= 11 is 0. The van der Waals surface area contributed by atoms with Gasteiger partial charge in [0, 0.05) is 13.1 Å². The minimum absolute atomic E-state index is 0.102. The van der Waals surface area contributed by atoms with Crippen molar-refractivity contribution >= 4 is 23.6 Å². The lowest BCUT2D eigenvalue weighted by molar-refractivity contribution is -0.130. The maximum Gasteiger partial charge on any atom is 0.261 e. The van der Waals surface area contributed by atoms with Crippen LogP contribution in [0.2, 0.25) is 0 Å². The van der Waals surface area contributed by atoms with Crippen LogP contribution in [0.25, 0.3) is 0 Å². The molecular weight excluding hydrogens is 673 g/mol. The molecule has 4 amide bonds. The molecule has 0 unspecified atom stereocenters. The van der Waals surface area contributed by atoms with Gasteiger partial charge in [-0.05, 0) is 38.8 Å². The normalized spacial score (nSPS) is 12.4. The molecule has 0 aliphatic rings. The van der Waals surface area contributed by atoms with Gasteiger partial charge in [0.25, 0.3) is 11.8 Å². The van der Waals surface area contributed by atoms with Crippen LogP contribution < -0.4 is 11.5 Å². The monoisotopic (exact) mass is 755 g/mol. The van der Waals surface area contributed by atoms with Crippen molar-refractivity contribution in [3.8, 4) is 0 Å². The highest BCUT2D eigenvalue weighted by Gasteiger charge is 2.31. The Kier molecular flexibility index (Phi) is 29.9. The van der Waals surface area contributed by atoms with Crippen LogP contribution in [0.15, 0.2) is 24.3 Å². The molecule has 1 rings (SSSR count). The number of carbonyl (C=O) groups is 4. The lowest BCUT2D eigenvalue weighted by atomic mass is 10.0. The third-order valence-corrected chi connectivity index (χ3v) is 10.7. The van der Waals surface area contributed by atoms with Crippen LogP contribution in [0, 0.1) is 0 Å². The Labute approximate surface area is 331 Å². The maximum absolute atomic E-state index is 14.0. The minimum atomic E-state index is -0.861. The second-order valence-corrected chi connectivity index (χ2v) is 15.9. The van der Waals surface area contributed by atoms with E-state index in [1.807, 2.05) is 0 Å². The topological polar surface area (TPSA) is 127 Å². The summed E-state index contributed by atoms with van der Waals surface area (Å²) in [5.41, 5.74) is 12.2. The molecule has 8 heteroatoms. The standard InChI is InChI=1S/C46H82N4O4/c1-5-7-9-11-13-15-17-19-21-23-25-27-29-33-37-49(43(51)39(3)47)45(53)41-35-31-32-36-42(41)46(54)50(44(52)40(4)48)38-34-30-28-26-24-22-20-18-16-14-12-10-8-6-2/h31-32,35-36,39-40H,5-30,33-34,37-38,47-48H2,1-4H3/t39-,40-/m0/s1. The Hall–Kier alpha value is -2.58. The van der Waals surface area contributed by atoms with Crippen molar-refractivity contribution in [3.05, 3.63) is 35.4 Å². The van der Waals surface area contributed by atoms with Gasteiger partial charge in [-0.25, -0.2) is 0 Å². The van der Waals surface area contributed by atoms with Crippen LogP contribution in [0.3, 0.4) is 0 Å². The summed E-state index contributed by atoms with van der Waals surface area (Å²) in [7, 11) is 0. The summed E-state index contributed by atoms with van der Waals surface area (Å²) in [5.74, 6) is -2.05. The smallest absolute Gasteiger partial charge is 0.261 e. The van der Waals surface area contributed by atoms with E-state index in [1.54, 1.807) is 38.1 Å². The fourth-order valence-corrected chi connectivity index (χ4v) is 7.19. The molecule has 0 heterocycles. The predicted octanol–water partition coefficient (Wildman–Crippen LogP) is 11.3. The molecule has 0 bridgehead atoms. The first-order chi connectivity index (χ1) is 26.2. The number of hydrogen-bond donors (Lipinski definition) is 2. The molecule has 2 atom stereocenters. The number of rotatable bonds is 34. The van der Waals surface area contributed by atoms with E-state index in [0.29, 0.717) is 12.8 Å². The molecule has 0 aliphatic carbocycles. The summed E-state index contributed by atoms with van der Waals surface area (Å²) in [6.45, 7) is 8.13. The molecule has 0 saturated heterocycles. The average molecular weight is 755 g/mol. The lowest BCUT2D eigenvalue weighted by Gasteiger charge is -2.26. The first kappa shape index (κ1) is 49.4. The van der Waals surface area contributed by atoms with E-state index in [2.05, 4.69) is 13.8 Å². The first-order valence-electron chi connectivity index (χ1n) is 22.5. The molecule has 310 valence electrons. The van der Waals surface area contributed by atoms with Gasteiger partial charge in [0.2, 0.25) is 11.8 Å². The van der Waals surface area contributed by atoms with Crippen LogP contribution in [0.5, 0.6) is 0 Å². The zero-order valence-corrected chi connectivity index (χ0v) is 35.4. The molecule has 0 spiro atoms. The Morgan fingerprint density at radius 1 is 0.426 bits per heavy atom. The highest BCUT2D eigenvalue weighted by Crippen LogP contribution is 2.19. The number of nitrogens with zero attached hydrogens (tertiary/aromatic N) is 2. The summed E-state index contributed by atoms with van der Waals surface area (Å²) in [4.78, 5) is 56.8.